The van der Waals surface area contributed by atoms with Crippen LogP contribution < -0.4 is 0 Å². The quantitative estimate of drug-likeness (QED) is 0.177. The Labute approximate surface area is 268 Å². The number of hydrogen-bond donors (Lipinski definition) is 0. The van der Waals surface area contributed by atoms with Crippen LogP contribution in [0.2, 0.25) is 0 Å². The van der Waals surface area contributed by atoms with Gasteiger partial charge in [-0.15, -0.1) is 0 Å². The zero-order chi connectivity index (χ0) is 30.2. The highest BCUT2D eigenvalue weighted by atomic mass is 14.2. The van der Waals surface area contributed by atoms with Gasteiger partial charge in [-0.3, -0.25) is 0 Å². The Morgan fingerprint density at radius 3 is 1.30 bits per heavy atom. The molecule has 0 fully saturated rings. The van der Waals surface area contributed by atoms with Crippen molar-refractivity contribution >= 4 is 64.6 Å². The molecule has 0 N–H and O–H groups in total. The Morgan fingerprint density at radius 1 is 0.283 bits per heavy atom. The van der Waals surface area contributed by atoms with E-state index in [2.05, 4.69) is 146 Å². The SMILES string of the molecule is c1ccc2c(c1)ccc1ccc(-c3ccc4ccc5c6cc(-c7ccc8ccc9c(c8c7)CCCC9)ccc6ccc5c4c3)cc12. The summed E-state index contributed by atoms with van der Waals surface area (Å²) in [7, 11) is 0. The fourth-order valence-corrected chi connectivity index (χ4v) is 8.16. The molecule has 9 aromatic carbocycles. The predicted octanol–water partition coefficient (Wildman–Crippen LogP) is 12.8. The zero-order valence-corrected chi connectivity index (χ0v) is 25.7. The summed E-state index contributed by atoms with van der Waals surface area (Å²) in [6.07, 6.45) is 5.02. The average molecular weight is 585 g/mol. The van der Waals surface area contributed by atoms with Crippen LogP contribution in [0, 0.1) is 0 Å². The van der Waals surface area contributed by atoms with Crippen LogP contribution in [-0.4, -0.2) is 0 Å². The number of rotatable bonds is 2. The largest absolute Gasteiger partial charge is 0.0616 e. The zero-order valence-electron chi connectivity index (χ0n) is 25.7. The number of fused-ring (bicyclic) bond motifs is 11. The Morgan fingerprint density at radius 2 is 0.696 bits per heavy atom. The van der Waals surface area contributed by atoms with E-state index >= 15 is 0 Å². The molecule has 0 saturated heterocycles. The molecule has 0 bridgehead atoms. The molecule has 0 aliphatic heterocycles. The van der Waals surface area contributed by atoms with Crippen molar-refractivity contribution in [3.63, 3.8) is 0 Å². The molecule has 9 aromatic rings. The summed E-state index contributed by atoms with van der Waals surface area (Å²) >= 11 is 0. The molecule has 0 amide bonds. The third-order valence-corrected chi connectivity index (χ3v) is 10.6. The van der Waals surface area contributed by atoms with E-state index < -0.39 is 0 Å². The molecule has 0 heterocycles. The lowest BCUT2D eigenvalue weighted by Gasteiger charge is -2.18. The fraction of sp³-hybridized carbons (Fsp3) is 0.0870. The highest BCUT2D eigenvalue weighted by molar-refractivity contribution is 6.18. The van der Waals surface area contributed by atoms with Crippen molar-refractivity contribution < 1.29 is 0 Å². The minimum Gasteiger partial charge on any atom is -0.0616 e. The monoisotopic (exact) mass is 584 g/mol. The topological polar surface area (TPSA) is 0 Å². The van der Waals surface area contributed by atoms with Gasteiger partial charge in [0.2, 0.25) is 0 Å². The summed E-state index contributed by atoms with van der Waals surface area (Å²) in [5.74, 6) is 0. The van der Waals surface area contributed by atoms with E-state index in [-0.39, 0.29) is 0 Å². The van der Waals surface area contributed by atoms with Gasteiger partial charge in [0, 0.05) is 0 Å². The van der Waals surface area contributed by atoms with Crippen LogP contribution >= 0.6 is 0 Å². The van der Waals surface area contributed by atoms with Crippen LogP contribution in [0.1, 0.15) is 24.0 Å². The van der Waals surface area contributed by atoms with Crippen molar-refractivity contribution in [1.29, 1.82) is 0 Å². The second-order valence-electron chi connectivity index (χ2n) is 13.2. The Hall–Kier alpha value is -5.46. The van der Waals surface area contributed by atoms with Gasteiger partial charge in [0.25, 0.3) is 0 Å². The van der Waals surface area contributed by atoms with Gasteiger partial charge in [-0.1, -0.05) is 121 Å². The molecule has 46 heavy (non-hydrogen) atoms. The second kappa shape index (κ2) is 10.0. The van der Waals surface area contributed by atoms with Crippen LogP contribution in [0.3, 0.4) is 0 Å². The van der Waals surface area contributed by atoms with Gasteiger partial charge in [0.1, 0.15) is 0 Å². The van der Waals surface area contributed by atoms with E-state index in [9.17, 15) is 0 Å². The minimum absolute atomic E-state index is 1.20. The fourth-order valence-electron chi connectivity index (χ4n) is 8.16. The normalized spacial score (nSPS) is 13.3. The first kappa shape index (κ1) is 25.8. The third kappa shape index (κ3) is 4.00. The van der Waals surface area contributed by atoms with Gasteiger partial charge in [-0.25, -0.2) is 0 Å². The predicted molar refractivity (Wildman–Crippen MR) is 199 cm³/mol. The van der Waals surface area contributed by atoms with Crippen molar-refractivity contribution in [2.75, 3.05) is 0 Å². The molecule has 216 valence electrons. The smallest absolute Gasteiger partial charge is 0.00987 e. The first-order chi connectivity index (χ1) is 22.8. The van der Waals surface area contributed by atoms with Crippen LogP contribution in [0.25, 0.3) is 86.9 Å². The summed E-state index contributed by atoms with van der Waals surface area (Å²) in [4.78, 5) is 0. The molecule has 0 unspecified atom stereocenters. The van der Waals surface area contributed by atoms with E-state index in [1.165, 1.54) is 113 Å². The summed E-state index contributed by atoms with van der Waals surface area (Å²) in [6, 6.07) is 55.0. The van der Waals surface area contributed by atoms with E-state index in [0.717, 1.165) is 0 Å². The van der Waals surface area contributed by atoms with Gasteiger partial charge < -0.3 is 0 Å². The second-order valence-corrected chi connectivity index (χ2v) is 13.2. The molecule has 0 spiro atoms. The molecule has 0 aromatic heterocycles. The maximum absolute atomic E-state index is 2.44. The third-order valence-electron chi connectivity index (χ3n) is 10.6. The average Bonchev–Trinajstić information content (AvgIpc) is 3.13. The van der Waals surface area contributed by atoms with E-state index in [1.807, 2.05) is 0 Å². The van der Waals surface area contributed by atoms with Crippen LogP contribution in [-0.2, 0) is 12.8 Å². The van der Waals surface area contributed by atoms with Crippen LogP contribution in [0.4, 0.5) is 0 Å². The molecular weight excluding hydrogens is 553 g/mol. The molecule has 0 nitrogen and oxygen atoms in total. The van der Waals surface area contributed by atoms with E-state index in [0.29, 0.717) is 0 Å². The van der Waals surface area contributed by atoms with Crippen molar-refractivity contribution in [3.8, 4) is 22.3 Å². The van der Waals surface area contributed by atoms with Crippen molar-refractivity contribution in [3.05, 3.63) is 157 Å². The van der Waals surface area contributed by atoms with Crippen molar-refractivity contribution in [2.45, 2.75) is 25.7 Å². The number of aryl methyl sites for hydroxylation is 2. The van der Waals surface area contributed by atoms with Crippen LogP contribution in [0.15, 0.2) is 146 Å². The van der Waals surface area contributed by atoms with Gasteiger partial charge in [-0.05, 0) is 148 Å². The summed E-state index contributed by atoms with van der Waals surface area (Å²) in [6.45, 7) is 0. The van der Waals surface area contributed by atoms with Gasteiger partial charge in [-0.2, -0.15) is 0 Å². The van der Waals surface area contributed by atoms with Crippen LogP contribution in [0.5, 0.6) is 0 Å². The molecule has 1 aliphatic rings. The highest BCUT2D eigenvalue weighted by Crippen LogP contribution is 2.38. The molecular formula is C46H32. The molecule has 0 atom stereocenters. The van der Waals surface area contributed by atoms with Gasteiger partial charge in [0.15, 0.2) is 0 Å². The lowest BCUT2D eigenvalue weighted by molar-refractivity contribution is 0.690. The van der Waals surface area contributed by atoms with E-state index in [4.69, 9.17) is 0 Å². The van der Waals surface area contributed by atoms with Crippen molar-refractivity contribution in [1.82, 2.24) is 0 Å². The van der Waals surface area contributed by atoms with Gasteiger partial charge in [0.05, 0.1) is 0 Å². The molecule has 0 heteroatoms. The Bertz CT molecular complexity index is 2690. The molecule has 0 radical (unpaired) electrons. The first-order valence-electron chi connectivity index (χ1n) is 16.6. The summed E-state index contributed by atoms with van der Waals surface area (Å²) < 4.78 is 0. The van der Waals surface area contributed by atoms with Crippen molar-refractivity contribution in [2.24, 2.45) is 0 Å². The lowest BCUT2D eigenvalue weighted by Crippen LogP contribution is -2.03. The highest BCUT2D eigenvalue weighted by Gasteiger charge is 2.14. The minimum atomic E-state index is 1.20. The Balaban J connectivity index is 1.13. The molecule has 0 saturated carbocycles. The standard InChI is InChI=1S/C46H32/c1-3-7-39-29(5-1)9-11-31-13-17-35(25-43(31)39)37-19-15-33-21-24-42-41(45(33)27-37)23-22-34-16-20-38(28-46(34)42)36-18-14-32-12-10-30-6-2-4-8-40(30)44(32)26-36/h1,3,5,7,9-28H,2,4,6,8H2. The molecule has 10 rings (SSSR count). The summed E-state index contributed by atoms with van der Waals surface area (Å²) in [5.41, 5.74) is 8.21. The lowest BCUT2D eigenvalue weighted by atomic mass is 9.86. The number of benzene rings is 9. The number of hydrogen-bond acceptors (Lipinski definition) is 0. The van der Waals surface area contributed by atoms with Gasteiger partial charge >= 0.3 is 0 Å². The summed E-state index contributed by atoms with van der Waals surface area (Å²) in [5, 5.41) is 15.8. The molecule has 1 aliphatic carbocycles. The Kier molecular flexibility index (Phi) is 5.63. The maximum atomic E-state index is 2.44. The maximum Gasteiger partial charge on any atom is -0.00987 e. The van der Waals surface area contributed by atoms with E-state index in [1.54, 1.807) is 11.1 Å². The first-order valence-corrected chi connectivity index (χ1v) is 16.6.